The summed E-state index contributed by atoms with van der Waals surface area (Å²) in [5.74, 6) is 2.50. The maximum Gasteiger partial charge on any atom is 0.223 e. The van der Waals surface area contributed by atoms with E-state index in [2.05, 4.69) is 36.3 Å². The average molecular weight is 364 g/mol. The second kappa shape index (κ2) is 8.73. The molecule has 5 nitrogen and oxygen atoms in total. The van der Waals surface area contributed by atoms with Crippen LogP contribution in [0.1, 0.15) is 65.7 Å². The fraction of sp³-hybridized carbons (Fsp3) is 0.905. The minimum absolute atomic E-state index is 0.184. The summed E-state index contributed by atoms with van der Waals surface area (Å²) in [5, 5.41) is 6.80. The number of amides is 2. The first-order valence-corrected chi connectivity index (χ1v) is 10.7. The van der Waals surface area contributed by atoms with Gasteiger partial charge in [-0.15, -0.1) is 0 Å². The zero-order chi connectivity index (χ0) is 18.7. The lowest BCUT2D eigenvalue weighted by atomic mass is 9.78. The molecule has 26 heavy (non-hydrogen) atoms. The van der Waals surface area contributed by atoms with Gasteiger partial charge in [0.05, 0.1) is 0 Å². The third kappa shape index (κ3) is 4.79. The van der Waals surface area contributed by atoms with Crippen LogP contribution in [0.25, 0.3) is 0 Å². The van der Waals surface area contributed by atoms with Gasteiger partial charge < -0.3 is 15.5 Å². The van der Waals surface area contributed by atoms with Gasteiger partial charge in [0.15, 0.2) is 0 Å². The molecule has 0 spiro atoms. The van der Waals surface area contributed by atoms with Gasteiger partial charge in [0.1, 0.15) is 0 Å². The highest BCUT2D eigenvalue weighted by molar-refractivity contribution is 5.77. The fourth-order valence-electron chi connectivity index (χ4n) is 5.15. The summed E-state index contributed by atoms with van der Waals surface area (Å²) < 4.78 is 0. The molecule has 3 aliphatic rings. The van der Waals surface area contributed by atoms with E-state index in [4.69, 9.17) is 0 Å². The molecule has 0 saturated carbocycles. The number of hydrogen-bond acceptors (Lipinski definition) is 3. The van der Waals surface area contributed by atoms with E-state index in [1.165, 1.54) is 6.42 Å². The van der Waals surface area contributed by atoms with E-state index in [0.717, 1.165) is 45.3 Å². The van der Waals surface area contributed by atoms with Gasteiger partial charge in [-0.1, -0.05) is 20.8 Å². The predicted octanol–water partition coefficient (Wildman–Crippen LogP) is 2.55. The molecule has 5 heteroatoms. The van der Waals surface area contributed by atoms with E-state index in [-0.39, 0.29) is 11.9 Å². The topological polar surface area (TPSA) is 61.4 Å². The molecule has 148 valence electrons. The third-order valence-corrected chi connectivity index (χ3v) is 6.74. The summed E-state index contributed by atoms with van der Waals surface area (Å²) in [6, 6.07) is 0.542. The zero-order valence-corrected chi connectivity index (χ0v) is 16.8. The van der Waals surface area contributed by atoms with Crippen molar-refractivity contribution in [1.82, 2.24) is 15.5 Å². The minimum atomic E-state index is 0.184. The molecule has 2 amide bonds. The van der Waals surface area contributed by atoms with Crippen LogP contribution in [-0.4, -0.2) is 48.4 Å². The van der Waals surface area contributed by atoms with Crippen molar-refractivity contribution in [2.24, 2.45) is 23.7 Å². The number of nitrogens with zero attached hydrogens (tertiary/aromatic N) is 1. The van der Waals surface area contributed by atoms with Gasteiger partial charge in [0, 0.05) is 31.5 Å². The van der Waals surface area contributed by atoms with Crippen LogP contribution >= 0.6 is 0 Å². The Kier molecular flexibility index (Phi) is 6.60. The van der Waals surface area contributed by atoms with Crippen molar-refractivity contribution in [3.8, 4) is 0 Å². The van der Waals surface area contributed by atoms with E-state index >= 15 is 0 Å². The first-order valence-electron chi connectivity index (χ1n) is 10.7. The molecule has 0 aromatic rings. The highest BCUT2D eigenvalue weighted by Crippen LogP contribution is 2.34. The van der Waals surface area contributed by atoms with Gasteiger partial charge in [-0.25, -0.2) is 0 Å². The maximum absolute atomic E-state index is 13.1. The monoisotopic (exact) mass is 363 g/mol. The number of rotatable bonds is 1. The molecule has 0 aromatic carbocycles. The van der Waals surface area contributed by atoms with Gasteiger partial charge in [0.25, 0.3) is 0 Å². The van der Waals surface area contributed by atoms with Crippen LogP contribution in [0.15, 0.2) is 0 Å². The summed E-state index contributed by atoms with van der Waals surface area (Å²) in [6.45, 7) is 9.50. The predicted molar refractivity (Wildman–Crippen MR) is 104 cm³/mol. The van der Waals surface area contributed by atoms with Crippen LogP contribution in [0.3, 0.4) is 0 Å². The van der Waals surface area contributed by atoms with Crippen LogP contribution in [-0.2, 0) is 9.59 Å². The average Bonchev–Trinajstić information content (AvgIpc) is 2.60. The molecule has 0 aliphatic carbocycles. The van der Waals surface area contributed by atoms with Crippen molar-refractivity contribution in [3.63, 3.8) is 0 Å². The van der Waals surface area contributed by atoms with Crippen LogP contribution in [0.5, 0.6) is 0 Å². The lowest BCUT2D eigenvalue weighted by Gasteiger charge is -2.48. The van der Waals surface area contributed by atoms with Crippen molar-refractivity contribution in [1.29, 1.82) is 0 Å². The van der Waals surface area contributed by atoms with Crippen molar-refractivity contribution < 1.29 is 9.59 Å². The molecule has 0 radical (unpaired) electrons. The molecular weight excluding hydrogens is 326 g/mol. The third-order valence-electron chi connectivity index (χ3n) is 6.74. The van der Waals surface area contributed by atoms with Crippen LogP contribution in [0, 0.1) is 23.7 Å². The lowest BCUT2D eigenvalue weighted by molar-refractivity contribution is -0.140. The molecular formula is C21H37N3O2. The van der Waals surface area contributed by atoms with Gasteiger partial charge in [0.2, 0.25) is 11.8 Å². The molecule has 0 aromatic heterocycles. The van der Waals surface area contributed by atoms with Crippen LogP contribution in [0.4, 0.5) is 0 Å². The molecule has 0 unspecified atom stereocenters. The quantitative estimate of drug-likeness (QED) is 0.753. The summed E-state index contributed by atoms with van der Waals surface area (Å²) >= 11 is 0. The smallest absolute Gasteiger partial charge is 0.223 e. The standard InChI is InChI=1S/C21H37N3O2/c1-14(2)18-8-7-15(3)9-21(26)24-13-16-10-17(12-22-11-16)19(24)5-4-6-20(25)23-18/h14-19,22H,4-13H2,1-3H3,(H,23,25)/t15-,16+,17+,18+,19+/m1/s1. The highest BCUT2D eigenvalue weighted by Gasteiger charge is 2.40. The normalized spacial score (nSPS) is 37.2. The molecule has 3 fully saturated rings. The van der Waals surface area contributed by atoms with E-state index in [1.54, 1.807) is 0 Å². The van der Waals surface area contributed by atoms with Crippen LogP contribution < -0.4 is 10.6 Å². The van der Waals surface area contributed by atoms with Gasteiger partial charge in [-0.05, 0) is 68.9 Å². The van der Waals surface area contributed by atoms with E-state index in [1.807, 2.05) is 0 Å². The first-order chi connectivity index (χ1) is 12.4. The molecule has 3 heterocycles. The fourth-order valence-corrected chi connectivity index (χ4v) is 5.15. The lowest BCUT2D eigenvalue weighted by Crippen LogP contribution is -2.58. The van der Waals surface area contributed by atoms with Gasteiger partial charge in [-0.2, -0.15) is 0 Å². The van der Waals surface area contributed by atoms with Crippen molar-refractivity contribution in [3.05, 3.63) is 0 Å². The Labute approximate surface area is 158 Å². The molecule has 5 atom stereocenters. The number of hydrogen-bond donors (Lipinski definition) is 2. The minimum Gasteiger partial charge on any atom is -0.353 e. The highest BCUT2D eigenvalue weighted by atomic mass is 16.2. The number of piperidine rings is 2. The molecule has 2 bridgehead atoms. The second-order valence-electron chi connectivity index (χ2n) is 9.33. The molecule has 3 saturated heterocycles. The van der Waals surface area contributed by atoms with Crippen LogP contribution in [0.2, 0.25) is 0 Å². The van der Waals surface area contributed by atoms with Crippen molar-refractivity contribution in [2.75, 3.05) is 19.6 Å². The zero-order valence-electron chi connectivity index (χ0n) is 16.8. The molecule has 3 aliphatic heterocycles. The Hall–Kier alpha value is -1.10. The first kappa shape index (κ1) is 19.7. The largest absolute Gasteiger partial charge is 0.353 e. The Balaban J connectivity index is 1.74. The molecule has 3 rings (SSSR count). The Morgan fingerprint density at radius 1 is 1.12 bits per heavy atom. The molecule has 2 N–H and O–H groups in total. The summed E-state index contributed by atoms with van der Waals surface area (Å²) in [5.41, 5.74) is 0. The number of carbonyl (C=O) groups is 2. The second-order valence-corrected chi connectivity index (χ2v) is 9.33. The number of fused-ring (bicyclic) bond motifs is 4. The van der Waals surface area contributed by atoms with E-state index < -0.39 is 0 Å². The summed E-state index contributed by atoms with van der Waals surface area (Å²) in [4.78, 5) is 27.7. The Morgan fingerprint density at radius 3 is 2.69 bits per heavy atom. The SMILES string of the molecule is CC(C)[C@@H]1CC[C@@H](C)CC(=O)N2C[C@@H]3CNC[C@H](C3)[C@@H]2CCCC(=O)N1. The van der Waals surface area contributed by atoms with Crippen molar-refractivity contribution in [2.45, 2.75) is 77.8 Å². The number of carbonyl (C=O) groups excluding carboxylic acids is 2. The van der Waals surface area contributed by atoms with Crippen molar-refractivity contribution >= 4 is 11.8 Å². The van der Waals surface area contributed by atoms with E-state index in [0.29, 0.717) is 48.5 Å². The summed E-state index contributed by atoms with van der Waals surface area (Å²) in [7, 11) is 0. The Bertz CT molecular complexity index is 507. The summed E-state index contributed by atoms with van der Waals surface area (Å²) in [6.07, 6.45) is 6.28. The number of nitrogens with one attached hydrogen (secondary N) is 2. The van der Waals surface area contributed by atoms with Gasteiger partial charge in [-0.3, -0.25) is 9.59 Å². The van der Waals surface area contributed by atoms with Gasteiger partial charge >= 0.3 is 0 Å². The Morgan fingerprint density at radius 2 is 1.92 bits per heavy atom. The van der Waals surface area contributed by atoms with E-state index in [9.17, 15) is 9.59 Å². The maximum atomic E-state index is 13.1.